The molecule has 1 fully saturated rings. The van der Waals surface area contributed by atoms with E-state index < -0.39 is 84.6 Å². The summed E-state index contributed by atoms with van der Waals surface area (Å²) in [5.41, 5.74) is 4.25. The highest BCUT2D eigenvalue weighted by Gasteiger charge is 2.50. The van der Waals surface area contributed by atoms with Crippen LogP contribution in [0.2, 0.25) is 0 Å². The van der Waals surface area contributed by atoms with Crippen LogP contribution in [0.5, 0.6) is 0 Å². The molecule has 8 atom stereocenters. The summed E-state index contributed by atoms with van der Waals surface area (Å²) in [6.45, 7) is 2.40. The topological polar surface area (TPSA) is 384 Å². The number of amides is 2. The number of anilines is 1. The molecule has 1 aliphatic rings. The second-order valence-corrected chi connectivity index (χ2v) is 18.9. The molecule has 2 aromatic heterocycles. The van der Waals surface area contributed by atoms with Crippen LogP contribution in [-0.4, -0.2) is 134 Å². The second kappa shape index (κ2) is 21.9. The Balaban J connectivity index is 1.47. The van der Waals surface area contributed by atoms with Crippen LogP contribution in [0, 0.1) is 11.3 Å². The van der Waals surface area contributed by atoms with E-state index in [4.69, 9.17) is 24.6 Å². The van der Waals surface area contributed by atoms with E-state index in [2.05, 4.69) is 34.4 Å². The van der Waals surface area contributed by atoms with Crippen LogP contribution < -0.4 is 16.4 Å². The number of aliphatic hydroxyl groups excluding tert-OH is 3. The van der Waals surface area contributed by atoms with Gasteiger partial charge in [-0.15, -0.1) is 0 Å². The molecule has 2 amide bonds. The maximum absolute atomic E-state index is 12.7. The lowest BCUT2D eigenvalue weighted by atomic mass is 9.87. The van der Waals surface area contributed by atoms with Gasteiger partial charge in [-0.05, 0) is 19.3 Å². The van der Waals surface area contributed by atoms with Crippen molar-refractivity contribution in [3.05, 3.63) is 12.7 Å². The fourth-order valence-corrected chi connectivity index (χ4v) is 9.17. The molecule has 11 N–H and O–H groups in total. The molecular formula is C29H50N7O18P3S. The first kappa shape index (κ1) is 49.9. The van der Waals surface area contributed by atoms with Gasteiger partial charge in [0, 0.05) is 43.2 Å². The largest absolute Gasteiger partial charge is 0.481 e. The third kappa shape index (κ3) is 15.2. The van der Waals surface area contributed by atoms with Gasteiger partial charge in [-0.3, -0.25) is 32.5 Å². The van der Waals surface area contributed by atoms with Crippen molar-refractivity contribution in [1.29, 1.82) is 0 Å². The maximum atomic E-state index is 12.7. The zero-order valence-electron chi connectivity index (χ0n) is 31.6. The molecule has 58 heavy (non-hydrogen) atoms. The highest BCUT2D eigenvalue weighted by Crippen LogP contribution is 2.61. The fraction of sp³-hybridized carbons (Fsp3) is 0.724. The van der Waals surface area contributed by atoms with E-state index >= 15 is 0 Å². The first-order chi connectivity index (χ1) is 27.0. The number of carbonyl (C=O) groups excluding carboxylic acids is 3. The number of nitrogens with zero attached hydrogens (tertiary/aromatic N) is 4. The summed E-state index contributed by atoms with van der Waals surface area (Å²) in [5.74, 6) is -1.32. The van der Waals surface area contributed by atoms with E-state index in [9.17, 15) is 57.9 Å². The molecule has 8 unspecified atom stereocenters. The minimum atomic E-state index is -5.58. The van der Waals surface area contributed by atoms with Gasteiger partial charge in [0.2, 0.25) is 11.8 Å². The van der Waals surface area contributed by atoms with Crippen LogP contribution >= 0.6 is 35.2 Å². The molecule has 1 saturated heterocycles. The minimum absolute atomic E-state index is 0.0000119. The zero-order valence-corrected chi connectivity index (χ0v) is 35.1. The van der Waals surface area contributed by atoms with Crippen molar-refractivity contribution in [3.63, 3.8) is 0 Å². The quantitative estimate of drug-likeness (QED) is 0.0457. The number of ether oxygens (including phenoxy) is 1. The Bertz CT molecular complexity index is 1850. The van der Waals surface area contributed by atoms with Gasteiger partial charge in [-0.1, -0.05) is 39.0 Å². The highest BCUT2D eigenvalue weighted by molar-refractivity contribution is 8.13. The lowest BCUT2D eigenvalue weighted by molar-refractivity contribution is -0.137. The Kier molecular flexibility index (Phi) is 18.8. The minimum Gasteiger partial charge on any atom is -0.396 e. The smallest absolute Gasteiger partial charge is 0.396 e. The number of hydrogen-bond acceptors (Lipinski definition) is 19. The van der Waals surface area contributed by atoms with E-state index in [1.807, 2.05) is 6.92 Å². The van der Waals surface area contributed by atoms with Gasteiger partial charge < -0.3 is 56.0 Å². The molecule has 0 spiro atoms. The highest BCUT2D eigenvalue weighted by atomic mass is 32.2. The summed E-state index contributed by atoms with van der Waals surface area (Å²) in [6.07, 6.45) is -4.32. The third-order valence-corrected chi connectivity index (χ3v) is 12.6. The summed E-state index contributed by atoms with van der Waals surface area (Å²) in [5, 5.41) is 35.5. The van der Waals surface area contributed by atoms with E-state index in [1.165, 1.54) is 13.8 Å². The number of phosphoric ester groups is 3. The third-order valence-electron chi connectivity index (χ3n) is 8.43. The summed E-state index contributed by atoms with van der Waals surface area (Å²) >= 11 is 1.09. The number of carbonyl (C=O) groups is 3. The van der Waals surface area contributed by atoms with Gasteiger partial charge in [0.25, 0.3) is 0 Å². The van der Waals surface area contributed by atoms with Gasteiger partial charge >= 0.3 is 23.5 Å². The number of aliphatic hydroxyl groups is 3. The Labute approximate surface area is 336 Å². The normalized spacial score (nSPS) is 21.9. The number of nitrogens with two attached hydrogens (primary N) is 1. The SMILES string of the molecule is CCCC(CCCO)C(=O)SCCNC(=O)CCNC(=O)C(O)C(C)(C)COP(=O)(O)OP(=O)(O)OCC1OC(n2cnc3c(N)ncnc32)C(O)C1OP(=O)(O)O. The first-order valence-corrected chi connectivity index (χ1v) is 23.2. The van der Waals surface area contributed by atoms with Gasteiger partial charge in [0.05, 0.1) is 19.5 Å². The van der Waals surface area contributed by atoms with Crippen LogP contribution in [-0.2, 0) is 50.7 Å². The van der Waals surface area contributed by atoms with Crippen LogP contribution in [0.15, 0.2) is 12.7 Å². The van der Waals surface area contributed by atoms with Crippen molar-refractivity contribution < 1.29 is 85.6 Å². The Morgan fingerprint density at radius 1 is 1.05 bits per heavy atom. The number of nitrogen functional groups attached to an aromatic ring is 1. The van der Waals surface area contributed by atoms with Crippen molar-refractivity contribution in [2.75, 3.05) is 44.4 Å². The second-order valence-electron chi connectivity index (χ2n) is 13.6. The Hall–Kier alpha value is -2.48. The number of hydrogen-bond donors (Lipinski definition) is 10. The number of nitrogens with one attached hydrogen (secondary N) is 2. The molecule has 1 aliphatic heterocycles. The molecule has 3 heterocycles. The Morgan fingerprint density at radius 3 is 2.40 bits per heavy atom. The summed E-state index contributed by atoms with van der Waals surface area (Å²) < 4.78 is 62.2. The molecule has 0 bridgehead atoms. The van der Waals surface area contributed by atoms with Crippen LogP contribution in [0.1, 0.15) is 59.1 Å². The average Bonchev–Trinajstić information content (AvgIpc) is 3.69. The predicted molar refractivity (Wildman–Crippen MR) is 202 cm³/mol. The van der Waals surface area contributed by atoms with Gasteiger partial charge in [0.15, 0.2) is 22.8 Å². The summed E-state index contributed by atoms with van der Waals surface area (Å²) in [6, 6.07) is 0. The fourth-order valence-electron chi connectivity index (χ4n) is 5.47. The first-order valence-electron chi connectivity index (χ1n) is 17.7. The van der Waals surface area contributed by atoms with E-state index in [1.54, 1.807) is 0 Å². The van der Waals surface area contributed by atoms with E-state index in [0.29, 0.717) is 25.0 Å². The maximum Gasteiger partial charge on any atom is 0.481 e. The molecule has 25 nitrogen and oxygen atoms in total. The van der Waals surface area contributed by atoms with Crippen LogP contribution in [0.25, 0.3) is 11.2 Å². The van der Waals surface area contributed by atoms with Crippen LogP contribution in [0.3, 0.4) is 0 Å². The molecule has 3 rings (SSSR count). The number of phosphoric acid groups is 3. The molecule has 0 aromatic carbocycles. The molecule has 29 heteroatoms. The molecule has 330 valence electrons. The molecule has 0 radical (unpaired) electrons. The summed E-state index contributed by atoms with van der Waals surface area (Å²) in [4.78, 5) is 88.2. The number of rotatable bonds is 25. The number of thioether (sulfide) groups is 1. The van der Waals surface area contributed by atoms with E-state index in [-0.39, 0.29) is 54.1 Å². The monoisotopic (exact) mass is 909 g/mol. The lowest BCUT2D eigenvalue weighted by Crippen LogP contribution is -2.46. The molecule has 2 aromatic rings. The standard InChI is InChI=1S/C29H50N7O18P3S/c1-4-6-17(7-5-11-37)28(42)58-12-10-31-19(38)8-9-32-26(41)23(40)29(2,3)14-51-57(48,49)54-56(46,47)50-13-18-22(53-55(43,44)45)21(39)27(52-18)36-16-35-20-24(30)33-15-34-25(20)36/h15-18,21-23,27,37,39-40H,4-14H2,1-3H3,(H,31,38)(H,32,41)(H,46,47)(H,48,49)(H2,30,33,34)(H2,43,44,45). The molecule has 0 aliphatic carbocycles. The Morgan fingerprint density at radius 2 is 1.74 bits per heavy atom. The number of fused-ring (bicyclic) bond motifs is 1. The molecule has 0 saturated carbocycles. The van der Waals surface area contributed by atoms with Crippen molar-refractivity contribution in [2.45, 2.75) is 83.5 Å². The van der Waals surface area contributed by atoms with E-state index in [0.717, 1.165) is 35.4 Å². The molecular weight excluding hydrogens is 859 g/mol. The number of aromatic nitrogens is 4. The summed E-state index contributed by atoms with van der Waals surface area (Å²) in [7, 11) is -16.4. The van der Waals surface area contributed by atoms with Crippen LogP contribution in [0.4, 0.5) is 5.82 Å². The van der Waals surface area contributed by atoms with Gasteiger partial charge in [-0.2, -0.15) is 4.31 Å². The predicted octanol–water partition coefficient (Wildman–Crippen LogP) is -0.146. The average molecular weight is 910 g/mol. The van der Waals surface area contributed by atoms with Crippen molar-refractivity contribution in [2.24, 2.45) is 11.3 Å². The number of imidazole rings is 1. The van der Waals surface area contributed by atoms with Gasteiger partial charge in [0.1, 0.15) is 36.3 Å². The van der Waals surface area contributed by atoms with Gasteiger partial charge in [-0.25, -0.2) is 28.6 Å². The van der Waals surface area contributed by atoms with Crippen molar-refractivity contribution >= 4 is 69.1 Å². The van der Waals surface area contributed by atoms with Crippen molar-refractivity contribution in [3.8, 4) is 0 Å². The lowest BCUT2D eigenvalue weighted by Gasteiger charge is -2.30. The van der Waals surface area contributed by atoms with Crippen molar-refractivity contribution in [1.82, 2.24) is 30.2 Å². The zero-order chi connectivity index (χ0) is 43.5.